The Labute approximate surface area is 78.8 Å². The second-order valence-corrected chi connectivity index (χ2v) is 2.76. The summed E-state index contributed by atoms with van der Waals surface area (Å²) in [7, 11) is 0. The van der Waals surface area contributed by atoms with Gasteiger partial charge in [0.15, 0.2) is 6.61 Å². The third-order valence-electron chi connectivity index (χ3n) is 1.47. The van der Waals surface area contributed by atoms with E-state index in [9.17, 15) is 13.2 Å². The van der Waals surface area contributed by atoms with E-state index in [1.54, 1.807) is 19.1 Å². The van der Waals surface area contributed by atoms with Crippen molar-refractivity contribution in [1.29, 1.82) is 0 Å². The first kappa shape index (κ1) is 11.1. The molecule has 0 radical (unpaired) electrons. The lowest BCUT2D eigenvalue weighted by atomic mass is 10.3. The summed E-state index contributed by atoms with van der Waals surface area (Å²) in [6.45, 7) is 0.313. The second kappa shape index (κ2) is 4.47. The van der Waals surface area contributed by atoms with Crippen LogP contribution in [0.4, 0.5) is 13.2 Å². The van der Waals surface area contributed by atoms with Crippen LogP contribution < -0.4 is 5.48 Å². The standard InChI is InChI=1S/C8H10F3NO2/c1-6(7-3-2-4-13-7)12-14-5-8(9,10)11/h2-4,6,12H,5H2,1H3. The molecule has 0 saturated heterocycles. The van der Waals surface area contributed by atoms with Gasteiger partial charge in [0.25, 0.3) is 0 Å². The lowest BCUT2D eigenvalue weighted by Crippen LogP contribution is -2.26. The first-order valence-corrected chi connectivity index (χ1v) is 3.96. The SMILES string of the molecule is CC(NOCC(F)(F)F)c1ccco1. The molecule has 0 aliphatic carbocycles. The minimum Gasteiger partial charge on any atom is -0.468 e. The van der Waals surface area contributed by atoms with Gasteiger partial charge in [-0.2, -0.15) is 18.7 Å². The van der Waals surface area contributed by atoms with Crippen molar-refractivity contribution in [1.82, 2.24) is 5.48 Å². The Hall–Kier alpha value is -1.01. The predicted octanol–water partition coefficient (Wildman–Crippen LogP) is 2.42. The zero-order valence-electron chi connectivity index (χ0n) is 7.47. The second-order valence-electron chi connectivity index (χ2n) is 2.76. The first-order chi connectivity index (χ1) is 6.49. The third-order valence-corrected chi connectivity index (χ3v) is 1.47. The highest BCUT2D eigenvalue weighted by atomic mass is 19.4. The fraction of sp³-hybridized carbons (Fsp3) is 0.500. The van der Waals surface area contributed by atoms with Gasteiger partial charge in [0.1, 0.15) is 5.76 Å². The van der Waals surface area contributed by atoms with E-state index in [4.69, 9.17) is 4.42 Å². The van der Waals surface area contributed by atoms with Crippen molar-refractivity contribution in [3.05, 3.63) is 24.2 Å². The summed E-state index contributed by atoms with van der Waals surface area (Å²) in [5, 5.41) is 0. The molecule has 80 valence electrons. The van der Waals surface area contributed by atoms with Gasteiger partial charge in [-0.15, -0.1) is 0 Å². The molecule has 0 amide bonds. The number of hydrogen-bond acceptors (Lipinski definition) is 3. The molecule has 0 fully saturated rings. The average molecular weight is 209 g/mol. The van der Waals surface area contributed by atoms with Gasteiger partial charge in [-0.05, 0) is 19.1 Å². The van der Waals surface area contributed by atoms with Crippen molar-refractivity contribution in [2.75, 3.05) is 6.61 Å². The van der Waals surface area contributed by atoms with Crippen molar-refractivity contribution < 1.29 is 22.4 Å². The van der Waals surface area contributed by atoms with Crippen LogP contribution in [0.5, 0.6) is 0 Å². The van der Waals surface area contributed by atoms with E-state index in [1.807, 2.05) is 0 Å². The number of halogens is 3. The van der Waals surface area contributed by atoms with Crippen LogP contribution in [0.15, 0.2) is 22.8 Å². The first-order valence-electron chi connectivity index (χ1n) is 3.96. The Balaban J connectivity index is 2.26. The highest BCUT2D eigenvalue weighted by Gasteiger charge is 2.28. The van der Waals surface area contributed by atoms with Gasteiger partial charge in [0.2, 0.25) is 0 Å². The fourth-order valence-electron chi connectivity index (χ4n) is 0.844. The smallest absolute Gasteiger partial charge is 0.413 e. The Morgan fingerprint density at radius 1 is 1.57 bits per heavy atom. The molecule has 1 aromatic rings. The molecule has 1 rings (SSSR count). The number of hydrogen-bond donors (Lipinski definition) is 1. The van der Waals surface area contributed by atoms with Gasteiger partial charge in [-0.3, -0.25) is 4.84 Å². The van der Waals surface area contributed by atoms with Crippen molar-refractivity contribution in [3.8, 4) is 0 Å². The molecule has 0 spiro atoms. The minimum atomic E-state index is -4.32. The van der Waals surface area contributed by atoms with Crippen molar-refractivity contribution in [2.45, 2.75) is 19.1 Å². The molecule has 6 heteroatoms. The molecule has 0 bridgehead atoms. The normalized spacial score (nSPS) is 14.3. The van der Waals surface area contributed by atoms with E-state index < -0.39 is 18.8 Å². The largest absolute Gasteiger partial charge is 0.468 e. The van der Waals surface area contributed by atoms with Crippen molar-refractivity contribution in [2.24, 2.45) is 0 Å². The zero-order chi connectivity index (χ0) is 10.6. The molecule has 1 aromatic heterocycles. The summed E-state index contributed by atoms with van der Waals surface area (Å²) in [5.41, 5.74) is 2.23. The minimum absolute atomic E-state index is 0.410. The summed E-state index contributed by atoms with van der Waals surface area (Å²) in [4.78, 5) is 4.25. The van der Waals surface area contributed by atoms with Gasteiger partial charge in [-0.1, -0.05) is 0 Å². The summed E-state index contributed by atoms with van der Waals surface area (Å²) in [6, 6.07) is 2.89. The quantitative estimate of drug-likeness (QED) is 0.773. The molecule has 0 aromatic carbocycles. The van der Waals surface area contributed by atoms with E-state index in [-0.39, 0.29) is 0 Å². The predicted molar refractivity (Wildman–Crippen MR) is 42.3 cm³/mol. The van der Waals surface area contributed by atoms with Gasteiger partial charge < -0.3 is 4.42 Å². The summed E-state index contributed by atoms with van der Waals surface area (Å²) in [5.74, 6) is 0.521. The van der Waals surface area contributed by atoms with Crippen LogP contribution in [0.3, 0.4) is 0 Å². The van der Waals surface area contributed by atoms with Crippen LogP contribution in [0.2, 0.25) is 0 Å². The molecule has 1 heterocycles. The Morgan fingerprint density at radius 2 is 2.29 bits per heavy atom. The van der Waals surface area contributed by atoms with Crippen LogP contribution in [0.25, 0.3) is 0 Å². The van der Waals surface area contributed by atoms with Gasteiger partial charge >= 0.3 is 6.18 Å². The maximum Gasteiger partial charge on any atom is 0.413 e. The van der Waals surface area contributed by atoms with E-state index in [2.05, 4.69) is 10.3 Å². The molecule has 1 N–H and O–H groups in total. The van der Waals surface area contributed by atoms with E-state index in [0.29, 0.717) is 5.76 Å². The maximum atomic E-state index is 11.7. The number of nitrogens with one attached hydrogen (secondary N) is 1. The molecule has 14 heavy (non-hydrogen) atoms. The number of furan rings is 1. The van der Waals surface area contributed by atoms with Gasteiger partial charge in [-0.25, -0.2) is 0 Å². The highest BCUT2D eigenvalue weighted by Crippen LogP contribution is 2.16. The van der Waals surface area contributed by atoms with Gasteiger partial charge in [0, 0.05) is 0 Å². The van der Waals surface area contributed by atoms with Crippen molar-refractivity contribution in [3.63, 3.8) is 0 Å². The molecule has 0 saturated carbocycles. The fourth-order valence-corrected chi connectivity index (χ4v) is 0.844. The molecule has 1 atom stereocenters. The summed E-state index contributed by atoms with van der Waals surface area (Å²) in [6.07, 6.45) is -2.88. The lowest BCUT2D eigenvalue weighted by Gasteiger charge is -2.12. The Morgan fingerprint density at radius 3 is 2.79 bits per heavy atom. The Bertz CT molecular complexity index is 258. The molecule has 1 unspecified atom stereocenters. The summed E-state index contributed by atoms with van der Waals surface area (Å²) >= 11 is 0. The molecular weight excluding hydrogens is 199 g/mol. The molecule has 3 nitrogen and oxygen atoms in total. The number of hydroxylamine groups is 1. The zero-order valence-corrected chi connectivity index (χ0v) is 7.47. The molecule has 0 aliphatic rings. The van der Waals surface area contributed by atoms with Crippen LogP contribution >= 0.6 is 0 Å². The summed E-state index contributed by atoms with van der Waals surface area (Å²) < 4.78 is 39.9. The average Bonchev–Trinajstić information content (AvgIpc) is 2.53. The third kappa shape index (κ3) is 3.80. The van der Waals surface area contributed by atoms with Gasteiger partial charge in [0.05, 0.1) is 12.3 Å². The monoisotopic (exact) mass is 209 g/mol. The topological polar surface area (TPSA) is 34.4 Å². The molecular formula is C8H10F3NO2. The van der Waals surface area contributed by atoms with Crippen LogP contribution in [-0.2, 0) is 4.84 Å². The maximum absolute atomic E-state index is 11.7. The highest BCUT2D eigenvalue weighted by molar-refractivity contribution is 5.02. The van der Waals surface area contributed by atoms with E-state index in [0.717, 1.165) is 0 Å². The molecule has 0 aliphatic heterocycles. The van der Waals surface area contributed by atoms with E-state index >= 15 is 0 Å². The van der Waals surface area contributed by atoms with E-state index in [1.165, 1.54) is 6.26 Å². The van der Waals surface area contributed by atoms with Crippen LogP contribution in [0, 0.1) is 0 Å². The Kier molecular flexibility index (Phi) is 3.54. The van der Waals surface area contributed by atoms with Crippen molar-refractivity contribution >= 4 is 0 Å². The van der Waals surface area contributed by atoms with Crippen LogP contribution in [-0.4, -0.2) is 12.8 Å². The van der Waals surface area contributed by atoms with Crippen LogP contribution in [0.1, 0.15) is 18.7 Å². The number of rotatable bonds is 4. The number of alkyl halides is 3. The lowest BCUT2D eigenvalue weighted by molar-refractivity contribution is -0.193.